The summed E-state index contributed by atoms with van der Waals surface area (Å²) in [4.78, 5) is 17.6. The summed E-state index contributed by atoms with van der Waals surface area (Å²) in [5.74, 6) is 0.733. The van der Waals surface area contributed by atoms with E-state index in [9.17, 15) is 4.39 Å². The molecule has 168 valence electrons. The molecule has 4 atom stereocenters. The van der Waals surface area contributed by atoms with E-state index < -0.39 is 5.82 Å². The lowest BCUT2D eigenvalue weighted by Crippen LogP contribution is -2.54. The number of nitrogens with two attached hydrogens (primary N) is 4. The molecule has 0 saturated carbocycles. The van der Waals surface area contributed by atoms with Gasteiger partial charge in [-0.2, -0.15) is 15.0 Å². The Morgan fingerprint density at radius 3 is 1.71 bits per heavy atom. The number of hydrazine groups is 1. The van der Waals surface area contributed by atoms with Gasteiger partial charge >= 0.3 is 0 Å². The zero-order valence-corrected chi connectivity index (χ0v) is 17.3. The summed E-state index contributed by atoms with van der Waals surface area (Å²) in [6.45, 7) is 2.32. The molecule has 0 radical (unpaired) electrons. The molecule has 11 nitrogen and oxygen atoms in total. The van der Waals surface area contributed by atoms with Crippen LogP contribution >= 0.6 is 0 Å². The van der Waals surface area contributed by atoms with E-state index in [0.29, 0.717) is 38.1 Å². The number of aromatic nitrogens is 3. The lowest BCUT2D eigenvalue weighted by atomic mass is 10.0. The van der Waals surface area contributed by atoms with Gasteiger partial charge in [0, 0.05) is 50.3 Å². The Labute approximate surface area is 180 Å². The molecule has 0 bridgehead atoms. The van der Waals surface area contributed by atoms with E-state index in [-0.39, 0.29) is 35.8 Å². The van der Waals surface area contributed by atoms with Gasteiger partial charge in [-0.25, -0.2) is 4.39 Å². The molecule has 3 heterocycles. The van der Waals surface area contributed by atoms with E-state index in [1.807, 2.05) is 9.80 Å². The number of para-hydroxylation sites is 1. The summed E-state index contributed by atoms with van der Waals surface area (Å²) in [6.07, 6.45) is 1.48. The van der Waals surface area contributed by atoms with Crippen molar-refractivity contribution in [2.24, 2.45) is 22.9 Å². The van der Waals surface area contributed by atoms with Crippen molar-refractivity contribution in [1.82, 2.24) is 15.0 Å². The van der Waals surface area contributed by atoms with Crippen molar-refractivity contribution in [1.29, 1.82) is 0 Å². The third kappa shape index (κ3) is 5.28. The van der Waals surface area contributed by atoms with Gasteiger partial charge in [0.2, 0.25) is 17.8 Å². The Hall–Kier alpha value is -2.80. The normalized spacial score (nSPS) is 26.6. The van der Waals surface area contributed by atoms with Crippen molar-refractivity contribution in [2.75, 3.05) is 46.8 Å². The van der Waals surface area contributed by atoms with E-state index in [0.717, 1.165) is 12.8 Å². The second-order valence-electron chi connectivity index (χ2n) is 8.31. The standard InChI is InChI=1S/C19H30FN11/c20-15-3-1-2-4-16(15)28-29-17-25-18(30-7-11(21)5-12(22)8-30)27-19(26-17)31-9-13(23)6-14(24)10-31/h1-4,11-14,28H,5-10,21-24H2,(H,25,26,27,29)/t11-,12+,13-,14+. The average molecular weight is 432 g/mol. The molecule has 10 N–H and O–H groups in total. The molecule has 2 aliphatic rings. The quantitative estimate of drug-likeness (QED) is 0.326. The van der Waals surface area contributed by atoms with E-state index in [2.05, 4.69) is 25.8 Å². The minimum Gasteiger partial charge on any atom is -0.338 e. The van der Waals surface area contributed by atoms with E-state index in [4.69, 9.17) is 22.9 Å². The number of halogens is 1. The predicted molar refractivity (Wildman–Crippen MR) is 119 cm³/mol. The number of nitrogens with zero attached hydrogens (tertiary/aromatic N) is 5. The molecule has 2 aromatic rings. The monoisotopic (exact) mass is 431 g/mol. The lowest BCUT2D eigenvalue weighted by molar-refractivity contribution is 0.441. The van der Waals surface area contributed by atoms with Gasteiger partial charge in [-0.1, -0.05) is 12.1 Å². The third-order valence-corrected chi connectivity index (χ3v) is 5.39. The zero-order chi connectivity index (χ0) is 22.0. The third-order valence-electron chi connectivity index (χ3n) is 5.39. The number of hydrogen-bond donors (Lipinski definition) is 6. The van der Waals surface area contributed by atoms with Crippen LogP contribution in [0.4, 0.5) is 27.9 Å². The zero-order valence-electron chi connectivity index (χ0n) is 17.3. The largest absolute Gasteiger partial charge is 0.338 e. The molecule has 0 amide bonds. The number of piperidine rings is 2. The molecule has 2 saturated heterocycles. The average Bonchev–Trinajstić information content (AvgIpc) is 2.71. The number of anilines is 4. The highest BCUT2D eigenvalue weighted by Crippen LogP contribution is 2.22. The summed E-state index contributed by atoms with van der Waals surface area (Å²) < 4.78 is 14.0. The summed E-state index contributed by atoms with van der Waals surface area (Å²) in [6, 6.07) is 6.01. The van der Waals surface area contributed by atoms with Crippen LogP contribution in [-0.4, -0.2) is 65.3 Å². The van der Waals surface area contributed by atoms with Crippen molar-refractivity contribution in [2.45, 2.75) is 37.0 Å². The molecular formula is C19H30FN11. The summed E-state index contributed by atoms with van der Waals surface area (Å²) in [5.41, 5.74) is 30.6. The van der Waals surface area contributed by atoms with Crippen LogP contribution in [0, 0.1) is 5.82 Å². The van der Waals surface area contributed by atoms with Crippen LogP contribution in [0.3, 0.4) is 0 Å². The molecule has 0 unspecified atom stereocenters. The fourth-order valence-electron chi connectivity index (χ4n) is 4.06. The van der Waals surface area contributed by atoms with Crippen LogP contribution in [0.15, 0.2) is 24.3 Å². The number of rotatable bonds is 5. The lowest BCUT2D eigenvalue weighted by Gasteiger charge is -2.37. The smallest absolute Gasteiger partial charge is 0.248 e. The first-order valence-corrected chi connectivity index (χ1v) is 10.4. The summed E-state index contributed by atoms with van der Waals surface area (Å²) in [5, 5.41) is 0. The van der Waals surface area contributed by atoms with Crippen molar-refractivity contribution < 1.29 is 4.39 Å². The SMILES string of the molecule is N[C@@H]1C[C@H](N)CN(c2nc(NNc3ccccc3F)nc(N3C[C@H](N)C[C@H](N)C3)n2)C1. The van der Waals surface area contributed by atoms with Crippen LogP contribution in [0.25, 0.3) is 0 Å². The molecule has 4 rings (SSSR count). The molecule has 1 aromatic carbocycles. The Bertz CT molecular complexity index is 833. The fraction of sp³-hybridized carbons (Fsp3) is 0.526. The van der Waals surface area contributed by atoms with Gasteiger partial charge in [-0.3, -0.25) is 10.9 Å². The molecule has 1 aromatic heterocycles. The van der Waals surface area contributed by atoms with Gasteiger partial charge in [0.15, 0.2) is 0 Å². The van der Waals surface area contributed by atoms with Crippen LogP contribution in [0.5, 0.6) is 0 Å². The van der Waals surface area contributed by atoms with Gasteiger partial charge in [-0.05, 0) is 25.0 Å². The van der Waals surface area contributed by atoms with Crippen LogP contribution in [0.2, 0.25) is 0 Å². The molecular weight excluding hydrogens is 401 g/mol. The van der Waals surface area contributed by atoms with E-state index in [1.54, 1.807) is 18.2 Å². The predicted octanol–water partition coefficient (Wildman–Crippen LogP) is -0.821. The van der Waals surface area contributed by atoms with Crippen molar-refractivity contribution >= 4 is 23.5 Å². The molecule has 12 heteroatoms. The Morgan fingerprint density at radius 2 is 1.23 bits per heavy atom. The number of nitrogens with one attached hydrogen (secondary N) is 2. The Morgan fingerprint density at radius 1 is 0.742 bits per heavy atom. The Kier molecular flexibility index (Phi) is 6.32. The molecule has 2 fully saturated rings. The first-order chi connectivity index (χ1) is 14.9. The molecule has 31 heavy (non-hydrogen) atoms. The molecule has 0 spiro atoms. The second kappa shape index (κ2) is 9.14. The summed E-state index contributed by atoms with van der Waals surface area (Å²) >= 11 is 0. The van der Waals surface area contributed by atoms with Gasteiger partial charge < -0.3 is 32.7 Å². The highest BCUT2D eigenvalue weighted by atomic mass is 19.1. The van der Waals surface area contributed by atoms with Gasteiger partial charge in [0.1, 0.15) is 5.82 Å². The van der Waals surface area contributed by atoms with Gasteiger partial charge in [-0.15, -0.1) is 0 Å². The minimum absolute atomic E-state index is 0.0752. The highest BCUT2D eigenvalue weighted by molar-refractivity contribution is 5.52. The van der Waals surface area contributed by atoms with Crippen LogP contribution in [0.1, 0.15) is 12.8 Å². The second-order valence-corrected chi connectivity index (χ2v) is 8.31. The Balaban J connectivity index is 1.62. The fourth-order valence-corrected chi connectivity index (χ4v) is 4.06. The molecule has 2 aliphatic heterocycles. The van der Waals surface area contributed by atoms with Crippen LogP contribution in [-0.2, 0) is 0 Å². The highest BCUT2D eigenvalue weighted by Gasteiger charge is 2.28. The van der Waals surface area contributed by atoms with Crippen molar-refractivity contribution in [3.05, 3.63) is 30.1 Å². The number of benzene rings is 1. The van der Waals surface area contributed by atoms with Crippen molar-refractivity contribution in [3.63, 3.8) is 0 Å². The topological polar surface area (TPSA) is 173 Å². The van der Waals surface area contributed by atoms with Gasteiger partial charge in [0.05, 0.1) is 5.69 Å². The maximum absolute atomic E-state index is 14.0. The first kappa shape index (κ1) is 21.4. The number of hydrogen-bond acceptors (Lipinski definition) is 11. The van der Waals surface area contributed by atoms with Crippen molar-refractivity contribution in [3.8, 4) is 0 Å². The minimum atomic E-state index is -0.398. The maximum Gasteiger partial charge on any atom is 0.248 e. The first-order valence-electron chi connectivity index (χ1n) is 10.4. The van der Waals surface area contributed by atoms with Gasteiger partial charge in [0.25, 0.3) is 0 Å². The van der Waals surface area contributed by atoms with Crippen LogP contribution < -0.4 is 43.6 Å². The van der Waals surface area contributed by atoms with E-state index >= 15 is 0 Å². The summed E-state index contributed by atoms with van der Waals surface area (Å²) in [7, 11) is 0. The maximum atomic E-state index is 14.0. The van der Waals surface area contributed by atoms with E-state index in [1.165, 1.54) is 6.07 Å². The molecule has 0 aliphatic carbocycles.